The molecule has 1 aliphatic heterocycles. The van der Waals surface area contributed by atoms with Gasteiger partial charge in [0.1, 0.15) is 0 Å². The molecule has 22 heavy (non-hydrogen) atoms. The molecule has 1 aliphatic rings. The Morgan fingerprint density at radius 2 is 1.86 bits per heavy atom. The molecule has 8 heteroatoms. The maximum absolute atomic E-state index is 12.0. The van der Waals surface area contributed by atoms with Crippen molar-refractivity contribution in [3.05, 3.63) is 29.8 Å². The number of amides is 1. The van der Waals surface area contributed by atoms with Crippen molar-refractivity contribution in [2.24, 2.45) is 10.8 Å². The van der Waals surface area contributed by atoms with E-state index in [9.17, 15) is 13.2 Å². The molecule has 3 N–H and O–H groups in total. The van der Waals surface area contributed by atoms with E-state index in [0.29, 0.717) is 5.56 Å². The average Bonchev–Trinajstić information content (AvgIpc) is 3.00. The fourth-order valence-electron chi connectivity index (χ4n) is 2.15. The highest BCUT2D eigenvalue weighted by Crippen LogP contribution is 2.12. The van der Waals surface area contributed by atoms with E-state index in [1.54, 1.807) is 6.92 Å². The van der Waals surface area contributed by atoms with Gasteiger partial charge in [-0.15, -0.1) is 5.10 Å². The lowest BCUT2D eigenvalue weighted by Crippen LogP contribution is -2.38. The van der Waals surface area contributed by atoms with E-state index in [1.807, 2.05) is 5.01 Å². The highest BCUT2D eigenvalue weighted by Gasteiger charge is 2.14. The third kappa shape index (κ3) is 3.97. The zero-order valence-corrected chi connectivity index (χ0v) is 13.3. The van der Waals surface area contributed by atoms with Crippen LogP contribution in [0, 0.1) is 0 Å². The van der Waals surface area contributed by atoms with E-state index < -0.39 is 15.7 Å². The van der Waals surface area contributed by atoms with Crippen LogP contribution in [0.15, 0.2) is 34.3 Å². The van der Waals surface area contributed by atoms with Crippen LogP contribution in [0.5, 0.6) is 0 Å². The highest BCUT2D eigenvalue weighted by molar-refractivity contribution is 7.91. The Kier molecular flexibility index (Phi) is 5.02. The molecule has 1 amide bonds. The van der Waals surface area contributed by atoms with E-state index in [1.165, 1.54) is 24.3 Å². The minimum absolute atomic E-state index is 0.0218. The third-order valence-electron chi connectivity index (χ3n) is 3.43. The first-order chi connectivity index (χ1) is 10.4. The maximum Gasteiger partial charge on any atom is 0.257 e. The molecule has 1 heterocycles. The van der Waals surface area contributed by atoms with Gasteiger partial charge in [0, 0.05) is 18.7 Å². The zero-order chi connectivity index (χ0) is 16.2. The summed E-state index contributed by atoms with van der Waals surface area (Å²) in [5, 5.41) is 8.42. The molecule has 1 aromatic carbocycles. The minimum Gasteiger partial charge on any atom is -0.368 e. The quantitative estimate of drug-likeness (QED) is 0.621. The van der Waals surface area contributed by atoms with Crippen LogP contribution < -0.4 is 11.1 Å². The fraction of sp³-hybridized carbons (Fsp3) is 0.429. The summed E-state index contributed by atoms with van der Waals surface area (Å²) in [4.78, 5) is 12.2. The van der Waals surface area contributed by atoms with Crippen molar-refractivity contribution in [1.82, 2.24) is 10.3 Å². The second-order valence-corrected chi connectivity index (χ2v) is 7.31. The maximum atomic E-state index is 12.0. The summed E-state index contributed by atoms with van der Waals surface area (Å²) >= 11 is 0. The Hall–Kier alpha value is -2.09. The van der Waals surface area contributed by atoms with Gasteiger partial charge in [-0.1, -0.05) is 6.92 Å². The number of nitrogens with two attached hydrogens (primary N) is 1. The fourth-order valence-corrected chi connectivity index (χ4v) is 3.03. The van der Waals surface area contributed by atoms with Gasteiger partial charge in [-0.3, -0.25) is 15.1 Å². The molecule has 0 aromatic heterocycles. The molecule has 0 spiro atoms. The van der Waals surface area contributed by atoms with Gasteiger partial charge in [-0.25, -0.2) is 8.42 Å². The number of nitrogens with one attached hydrogen (secondary N) is 1. The smallest absolute Gasteiger partial charge is 0.257 e. The van der Waals surface area contributed by atoms with Crippen LogP contribution in [-0.4, -0.2) is 44.1 Å². The van der Waals surface area contributed by atoms with Crippen molar-refractivity contribution in [3.63, 3.8) is 0 Å². The van der Waals surface area contributed by atoms with Crippen LogP contribution in [0.3, 0.4) is 0 Å². The van der Waals surface area contributed by atoms with Crippen molar-refractivity contribution in [3.8, 4) is 0 Å². The summed E-state index contributed by atoms with van der Waals surface area (Å²) in [5.74, 6) is -0.355. The van der Waals surface area contributed by atoms with Gasteiger partial charge in [0.15, 0.2) is 9.84 Å². The van der Waals surface area contributed by atoms with E-state index in [-0.39, 0.29) is 16.6 Å². The zero-order valence-electron chi connectivity index (χ0n) is 12.4. The van der Waals surface area contributed by atoms with Gasteiger partial charge in [-0.05, 0) is 37.1 Å². The number of guanidine groups is 1. The Morgan fingerprint density at radius 3 is 2.41 bits per heavy atom. The first-order valence-corrected chi connectivity index (χ1v) is 8.81. The van der Waals surface area contributed by atoms with Crippen LogP contribution in [0.25, 0.3) is 0 Å². The molecular formula is C14H20N4O3S. The monoisotopic (exact) mass is 324 g/mol. The van der Waals surface area contributed by atoms with Crippen LogP contribution >= 0.6 is 0 Å². The molecule has 1 saturated heterocycles. The Balaban J connectivity index is 2.03. The number of sulfone groups is 1. The van der Waals surface area contributed by atoms with E-state index in [2.05, 4.69) is 10.4 Å². The number of hydrazone groups is 1. The van der Waals surface area contributed by atoms with Crippen LogP contribution in [0.4, 0.5) is 0 Å². The molecule has 0 bridgehead atoms. The molecule has 2 rings (SSSR count). The third-order valence-corrected chi connectivity index (χ3v) is 5.18. The number of hydrogen-bond acceptors (Lipinski definition) is 5. The number of nitrogens with zero attached hydrogens (tertiary/aromatic N) is 2. The van der Waals surface area contributed by atoms with Crippen LogP contribution in [0.2, 0.25) is 0 Å². The Morgan fingerprint density at radius 1 is 1.27 bits per heavy atom. The summed E-state index contributed by atoms with van der Waals surface area (Å²) in [7, 11) is -3.27. The van der Waals surface area contributed by atoms with Gasteiger partial charge in [0.2, 0.25) is 5.96 Å². The summed E-state index contributed by atoms with van der Waals surface area (Å²) in [6, 6.07) is 5.76. The topological polar surface area (TPSA) is 105 Å². The molecule has 7 nitrogen and oxygen atoms in total. The molecule has 1 fully saturated rings. The van der Waals surface area contributed by atoms with Crippen molar-refractivity contribution in [2.75, 3.05) is 18.8 Å². The average molecular weight is 324 g/mol. The summed E-state index contributed by atoms with van der Waals surface area (Å²) < 4.78 is 23.4. The lowest BCUT2D eigenvalue weighted by atomic mass is 10.2. The molecule has 120 valence electrons. The molecule has 0 saturated carbocycles. The van der Waals surface area contributed by atoms with Gasteiger partial charge in [0.05, 0.1) is 10.6 Å². The van der Waals surface area contributed by atoms with Crippen molar-refractivity contribution in [2.45, 2.75) is 24.7 Å². The number of rotatable bonds is 4. The summed E-state index contributed by atoms with van der Waals surface area (Å²) in [6.07, 6.45) is 2.14. The highest BCUT2D eigenvalue weighted by atomic mass is 32.2. The van der Waals surface area contributed by atoms with Crippen molar-refractivity contribution >= 4 is 21.7 Å². The molecule has 1 aromatic rings. The SMILES string of the molecule is CCS(=O)(=O)c1ccc(C(=O)N/C(N)=N/N2CCCC2)cc1. The lowest BCUT2D eigenvalue weighted by molar-refractivity contribution is 0.0975. The molecule has 0 atom stereocenters. The Bertz CT molecular complexity index is 662. The lowest BCUT2D eigenvalue weighted by Gasteiger charge is -2.12. The van der Waals surface area contributed by atoms with E-state index in [4.69, 9.17) is 5.73 Å². The molecule has 0 radical (unpaired) electrons. The predicted octanol–water partition coefficient (Wildman–Crippen LogP) is 0.536. The first-order valence-electron chi connectivity index (χ1n) is 7.15. The number of hydrogen-bond donors (Lipinski definition) is 2. The van der Waals surface area contributed by atoms with Crippen LogP contribution in [0.1, 0.15) is 30.1 Å². The van der Waals surface area contributed by atoms with Gasteiger partial charge in [0.25, 0.3) is 5.91 Å². The Labute approximate surface area is 130 Å². The van der Waals surface area contributed by atoms with Crippen molar-refractivity contribution in [1.29, 1.82) is 0 Å². The van der Waals surface area contributed by atoms with Gasteiger partial charge in [-0.2, -0.15) is 0 Å². The normalized spacial score (nSPS) is 15.9. The molecule has 0 aliphatic carbocycles. The van der Waals surface area contributed by atoms with Gasteiger partial charge >= 0.3 is 0 Å². The molecule has 0 unspecified atom stereocenters. The largest absolute Gasteiger partial charge is 0.368 e. The summed E-state index contributed by atoms with van der Waals surface area (Å²) in [5.41, 5.74) is 6.02. The predicted molar refractivity (Wildman–Crippen MR) is 84.1 cm³/mol. The van der Waals surface area contributed by atoms with Gasteiger partial charge < -0.3 is 5.73 Å². The molecular weight excluding hydrogens is 304 g/mol. The van der Waals surface area contributed by atoms with Crippen molar-refractivity contribution < 1.29 is 13.2 Å². The number of carbonyl (C=O) groups is 1. The number of benzene rings is 1. The second kappa shape index (κ2) is 6.78. The van der Waals surface area contributed by atoms with E-state index >= 15 is 0 Å². The van der Waals surface area contributed by atoms with E-state index in [0.717, 1.165) is 25.9 Å². The summed E-state index contributed by atoms with van der Waals surface area (Å²) in [6.45, 7) is 3.24. The first kappa shape index (κ1) is 16.3. The second-order valence-electron chi connectivity index (χ2n) is 5.03. The van der Waals surface area contributed by atoms with Crippen LogP contribution in [-0.2, 0) is 9.84 Å². The number of carbonyl (C=O) groups excluding carboxylic acids is 1. The minimum atomic E-state index is -3.27. The standard InChI is InChI=1S/C14H20N4O3S/c1-2-22(20,21)12-7-5-11(6-8-12)13(19)16-14(15)17-18-9-3-4-10-18/h5-8H,2-4,9-10H2,1H3,(H3,15,16,17,19).